The second-order valence-electron chi connectivity index (χ2n) is 7.10. The first-order valence-electron chi connectivity index (χ1n) is 9.60. The lowest BCUT2D eigenvalue weighted by molar-refractivity contribution is -0.137. The highest BCUT2D eigenvalue weighted by atomic mass is 19.4. The summed E-state index contributed by atoms with van der Waals surface area (Å²) >= 11 is 0. The summed E-state index contributed by atoms with van der Waals surface area (Å²) in [5.74, 6) is -1.76. The molecule has 0 unspecified atom stereocenters. The summed E-state index contributed by atoms with van der Waals surface area (Å²) in [6.07, 6.45) is -3.16. The Labute approximate surface area is 176 Å². The third-order valence-electron chi connectivity index (χ3n) is 4.85. The number of pyridine rings is 2. The molecular weight excluding hydrogens is 415 g/mol. The fourth-order valence-electron chi connectivity index (χ4n) is 3.21. The fourth-order valence-corrected chi connectivity index (χ4v) is 3.21. The van der Waals surface area contributed by atoms with E-state index in [1.807, 2.05) is 0 Å². The van der Waals surface area contributed by atoms with Gasteiger partial charge in [0.15, 0.2) is 5.69 Å². The zero-order chi connectivity index (χ0) is 22.6. The van der Waals surface area contributed by atoms with Crippen LogP contribution in [0.25, 0.3) is 0 Å². The maximum absolute atomic E-state index is 12.9. The molecule has 1 fully saturated rings. The molecular formula is C20H22F3N5O3. The Hall–Kier alpha value is -3.05. The highest BCUT2D eigenvalue weighted by molar-refractivity contribution is 6.07. The minimum absolute atomic E-state index is 0.0480. The van der Waals surface area contributed by atoms with Crippen LogP contribution in [0.3, 0.4) is 0 Å². The molecule has 0 aromatic carbocycles. The fraction of sp³-hybridized carbons (Fsp3) is 0.400. The molecule has 3 rings (SSSR count). The van der Waals surface area contributed by atoms with Gasteiger partial charge in [0.1, 0.15) is 5.69 Å². The molecule has 8 nitrogen and oxygen atoms in total. The summed E-state index contributed by atoms with van der Waals surface area (Å²) in [5.41, 5.74) is 5.02. The largest absolute Gasteiger partial charge is 0.416 e. The van der Waals surface area contributed by atoms with Gasteiger partial charge in [-0.1, -0.05) is 0 Å². The number of morpholine rings is 1. The summed E-state index contributed by atoms with van der Waals surface area (Å²) in [5, 5.41) is 2.43. The van der Waals surface area contributed by atoms with Gasteiger partial charge in [-0.25, -0.2) is 4.98 Å². The lowest BCUT2D eigenvalue weighted by atomic mass is 10.1. The van der Waals surface area contributed by atoms with E-state index in [2.05, 4.69) is 20.2 Å². The van der Waals surface area contributed by atoms with Gasteiger partial charge >= 0.3 is 6.18 Å². The molecule has 0 radical (unpaired) electrons. The number of ether oxygens (including phenoxy) is 1. The summed E-state index contributed by atoms with van der Waals surface area (Å²) in [6.45, 7) is 5.30. The third kappa shape index (κ3) is 5.76. The van der Waals surface area contributed by atoms with Crippen molar-refractivity contribution in [2.24, 2.45) is 5.73 Å². The van der Waals surface area contributed by atoms with Gasteiger partial charge in [-0.15, -0.1) is 0 Å². The first-order chi connectivity index (χ1) is 14.6. The van der Waals surface area contributed by atoms with Crippen molar-refractivity contribution in [3.63, 3.8) is 0 Å². The summed E-state index contributed by atoms with van der Waals surface area (Å²) in [7, 11) is 0. The number of nitrogens with two attached hydrogens (primary N) is 1. The molecule has 2 aromatic rings. The van der Waals surface area contributed by atoms with E-state index in [0.717, 1.165) is 25.4 Å². The van der Waals surface area contributed by atoms with Crippen LogP contribution in [0.15, 0.2) is 24.4 Å². The predicted molar refractivity (Wildman–Crippen MR) is 106 cm³/mol. The van der Waals surface area contributed by atoms with Crippen molar-refractivity contribution in [3.05, 3.63) is 52.6 Å². The molecule has 0 spiro atoms. The lowest BCUT2D eigenvalue weighted by Crippen LogP contribution is -2.37. The number of nitrogens with one attached hydrogen (secondary N) is 1. The first-order valence-corrected chi connectivity index (χ1v) is 9.60. The Morgan fingerprint density at radius 3 is 2.61 bits per heavy atom. The Bertz CT molecular complexity index is 975. The summed E-state index contributed by atoms with van der Waals surface area (Å²) in [4.78, 5) is 34.6. The van der Waals surface area contributed by atoms with Gasteiger partial charge < -0.3 is 15.8 Å². The zero-order valence-corrected chi connectivity index (χ0v) is 16.8. The average Bonchev–Trinajstić information content (AvgIpc) is 2.73. The second kappa shape index (κ2) is 9.40. The van der Waals surface area contributed by atoms with Crippen molar-refractivity contribution in [1.29, 1.82) is 0 Å². The minimum Gasteiger partial charge on any atom is -0.379 e. The average molecular weight is 437 g/mol. The molecule has 0 saturated carbocycles. The zero-order valence-electron chi connectivity index (χ0n) is 16.8. The van der Waals surface area contributed by atoms with E-state index in [1.54, 1.807) is 13.0 Å². The summed E-state index contributed by atoms with van der Waals surface area (Å²) < 4.78 is 44.0. The van der Waals surface area contributed by atoms with E-state index < -0.39 is 29.2 Å². The van der Waals surface area contributed by atoms with Crippen LogP contribution < -0.4 is 11.1 Å². The lowest BCUT2D eigenvalue weighted by Gasteiger charge is -2.26. The van der Waals surface area contributed by atoms with Crippen molar-refractivity contribution in [2.45, 2.75) is 19.5 Å². The monoisotopic (exact) mass is 437 g/mol. The standard InChI is InChI=1S/C20H22F3N5O3/c1-12-10-14(3-5-28-6-8-31-9-7-28)26-17(18(24)29)16(12)27-19(30)15-11-13(2-4-25-15)20(21,22)23/h2,4,10-11H,3,5-9H2,1H3,(H2,24,29)(H,27,30). The molecule has 1 aliphatic rings. The number of nitrogens with zero attached hydrogens (tertiary/aromatic N) is 3. The molecule has 11 heteroatoms. The number of aromatic nitrogens is 2. The molecule has 2 amide bonds. The Balaban J connectivity index is 1.80. The topological polar surface area (TPSA) is 110 Å². The van der Waals surface area contributed by atoms with Crippen LogP contribution in [0.4, 0.5) is 18.9 Å². The number of anilines is 1. The van der Waals surface area contributed by atoms with Crippen LogP contribution in [0.1, 0.15) is 37.8 Å². The van der Waals surface area contributed by atoms with Crippen LogP contribution in [-0.2, 0) is 17.3 Å². The van der Waals surface area contributed by atoms with E-state index in [4.69, 9.17) is 10.5 Å². The highest BCUT2D eigenvalue weighted by Crippen LogP contribution is 2.29. The third-order valence-corrected chi connectivity index (χ3v) is 4.85. The molecule has 2 aromatic heterocycles. The predicted octanol–water partition coefficient (Wildman–Crippen LogP) is 2.03. The molecule has 0 aliphatic carbocycles. The maximum Gasteiger partial charge on any atom is 0.416 e. The number of primary amides is 1. The van der Waals surface area contributed by atoms with Crippen molar-refractivity contribution in [3.8, 4) is 0 Å². The molecule has 1 saturated heterocycles. The number of carbonyl (C=O) groups is 2. The number of halogens is 3. The van der Waals surface area contributed by atoms with Crippen molar-refractivity contribution < 1.29 is 27.5 Å². The minimum atomic E-state index is -4.62. The van der Waals surface area contributed by atoms with Gasteiger partial charge in [0.2, 0.25) is 0 Å². The second-order valence-corrected chi connectivity index (χ2v) is 7.10. The van der Waals surface area contributed by atoms with Crippen molar-refractivity contribution >= 4 is 17.5 Å². The number of carbonyl (C=O) groups excluding carboxylic acids is 2. The van der Waals surface area contributed by atoms with E-state index in [-0.39, 0.29) is 11.4 Å². The van der Waals surface area contributed by atoms with E-state index >= 15 is 0 Å². The van der Waals surface area contributed by atoms with Gasteiger partial charge in [-0.05, 0) is 30.7 Å². The number of hydrogen-bond acceptors (Lipinski definition) is 6. The van der Waals surface area contributed by atoms with Gasteiger partial charge in [0, 0.05) is 37.9 Å². The Morgan fingerprint density at radius 2 is 1.97 bits per heavy atom. The highest BCUT2D eigenvalue weighted by Gasteiger charge is 2.31. The quantitative estimate of drug-likeness (QED) is 0.716. The van der Waals surface area contributed by atoms with E-state index in [1.165, 1.54) is 0 Å². The Kier molecular flexibility index (Phi) is 6.86. The molecule has 1 aliphatic heterocycles. The van der Waals surface area contributed by atoms with Crippen molar-refractivity contribution in [2.75, 3.05) is 38.2 Å². The molecule has 31 heavy (non-hydrogen) atoms. The summed E-state index contributed by atoms with van der Waals surface area (Å²) in [6, 6.07) is 3.11. The number of amides is 2. The molecule has 166 valence electrons. The first kappa shape index (κ1) is 22.6. The molecule has 0 atom stereocenters. The number of aryl methyl sites for hydroxylation is 1. The molecule has 3 heterocycles. The van der Waals surface area contributed by atoms with Crippen LogP contribution in [0, 0.1) is 6.92 Å². The molecule has 3 N–H and O–H groups in total. The van der Waals surface area contributed by atoms with E-state index in [9.17, 15) is 22.8 Å². The van der Waals surface area contributed by atoms with Crippen LogP contribution in [-0.4, -0.2) is 59.5 Å². The van der Waals surface area contributed by atoms with Crippen molar-refractivity contribution in [1.82, 2.24) is 14.9 Å². The number of alkyl halides is 3. The van der Waals surface area contributed by atoms with Crippen LogP contribution in [0.5, 0.6) is 0 Å². The van der Waals surface area contributed by atoms with Gasteiger partial charge in [0.05, 0.1) is 24.5 Å². The Morgan fingerprint density at radius 1 is 1.26 bits per heavy atom. The maximum atomic E-state index is 12.9. The van der Waals surface area contributed by atoms with Gasteiger partial charge in [0.25, 0.3) is 11.8 Å². The van der Waals surface area contributed by atoms with Gasteiger partial charge in [-0.2, -0.15) is 13.2 Å². The SMILES string of the molecule is Cc1cc(CCN2CCOCC2)nc(C(N)=O)c1NC(=O)c1cc(C(F)(F)F)ccn1. The van der Waals surface area contributed by atoms with Crippen LogP contribution >= 0.6 is 0 Å². The van der Waals surface area contributed by atoms with Gasteiger partial charge in [-0.3, -0.25) is 19.5 Å². The smallest absolute Gasteiger partial charge is 0.379 e. The van der Waals surface area contributed by atoms with E-state index in [0.29, 0.717) is 43.5 Å². The normalized spacial score (nSPS) is 15.0. The number of rotatable bonds is 6. The number of hydrogen-bond donors (Lipinski definition) is 2. The van der Waals surface area contributed by atoms with Crippen LogP contribution in [0.2, 0.25) is 0 Å². The molecule has 0 bridgehead atoms.